The molecule has 0 radical (unpaired) electrons. The van der Waals surface area contributed by atoms with Crippen molar-refractivity contribution in [3.8, 4) is 0 Å². The van der Waals surface area contributed by atoms with Gasteiger partial charge < -0.3 is 9.55 Å². The molecule has 0 atom stereocenters. The Morgan fingerprint density at radius 3 is 2.74 bits per heavy atom. The largest absolute Gasteiger partial charge is 0.351 e. The maximum Gasteiger partial charge on any atom is 0.325 e. The van der Waals surface area contributed by atoms with Gasteiger partial charge in [-0.1, -0.05) is 12.1 Å². The van der Waals surface area contributed by atoms with Crippen LogP contribution in [0.3, 0.4) is 0 Å². The maximum absolute atomic E-state index is 11.2. The molecule has 2 N–H and O–H groups in total. The molecule has 5 heteroatoms. The number of nitrogens with zero attached hydrogens (tertiary/aromatic N) is 1. The molecule has 0 saturated heterocycles. The summed E-state index contributed by atoms with van der Waals surface area (Å²) in [5.41, 5.74) is 1.95. The number of benzene rings is 1. The standard InChI is InChI=1S/C14H13N3O2/c1-17-5-4-10-3-2-9(7-12(10)17)6-11-8-13(18)16-14(19)15-11/h2-5,7-8H,6H2,1H3,(H2,15,16,18,19). The summed E-state index contributed by atoms with van der Waals surface area (Å²) in [7, 11) is 1.99. The van der Waals surface area contributed by atoms with E-state index in [9.17, 15) is 9.59 Å². The van der Waals surface area contributed by atoms with Crippen molar-refractivity contribution in [2.75, 3.05) is 0 Å². The molecular formula is C14H13N3O2. The van der Waals surface area contributed by atoms with Crippen LogP contribution in [-0.2, 0) is 13.5 Å². The van der Waals surface area contributed by atoms with Gasteiger partial charge >= 0.3 is 5.69 Å². The maximum atomic E-state index is 11.2. The molecule has 19 heavy (non-hydrogen) atoms. The number of aromatic amines is 2. The lowest BCUT2D eigenvalue weighted by molar-refractivity contribution is 0.948. The molecule has 0 aliphatic rings. The second kappa shape index (κ2) is 4.28. The normalized spacial score (nSPS) is 11.0. The predicted octanol–water partition coefficient (Wildman–Crippen LogP) is 1.15. The molecule has 96 valence electrons. The van der Waals surface area contributed by atoms with E-state index in [2.05, 4.69) is 16.0 Å². The van der Waals surface area contributed by atoms with Gasteiger partial charge in [0, 0.05) is 36.9 Å². The molecule has 1 aromatic carbocycles. The highest BCUT2D eigenvalue weighted by atomic mass is 16.2. The first-order valence-electron chi connectivity index (χ1n) is 5.98. The first-order chi connectivity index (χ1) is 9.11. The molecule has 2 heterocycles. The van der Waals surface area contributed by atoms with E-state index >= 15 is 0 Å². The minimum absolute atomic E-state index is 0.376. The average molecular weight is 255 g/mol. The lowest BCUT2D eigenvalue weighted by Gasteiger charge is -2.03. The van der Waals surface area contributed by atoms with Gasteiger partial charge in [-0.2, -0.15) is 0 Å². The van der Waals surface area contributed by atoms with Crippen LogP contribution in [0, 0.1) is 0 Å². The van der Waals surface area contributed by atoms with Crippen molar-refractivity contribution < 1.29 is 0 Å². The lowest BCUT2D eigenvalue weighted by atomic mass is 10.1. The monoisotopic (exact) mass is 255 g/mol. The number of hydrogen-bond acceptors (Lipinski definition) is 2. The molecule has 0 unspecified atom stereocenters. The Kier molecular flexibility index (Phi) is 2.59. The zero-order chi connectivity index (χ0) is 13.4. The molecule has 0 saturated carbocycles. The van der Waals surface area contributed by atoms with Crippen LogP contribution >= 0.6 is 0 Å². The van der Waals surface area contributed by atoms with Gasteiger partial charge in [-0.15, -0.1) is 0 Å². The van der Waals surface area contributed by atoms with Gasteiger partial charge in [-0.3, -0.25) is 9.78 Å². The van der Waals surface area contributed by atoms with E-state index in [0.29, 0.717) is 12.1 Å². The summed E-state index contributed by atoms with van der Waals surface area (Å²) in [6.45, 7) is 0. The van der Waals surface area contributed by atoms with Crippen LogP contribution < -0.4 is 11.2 Å². The Labute approximate surface area is 108 Å². The van der Waals surface area contributed by atoms with Gasteiger partial charge in [-0.25, -0.2) is 4.79 Å². The Balaban J connectivity index is 2.02. The molecule has 0 aliphatic heterocycles. The fraction of sp³-hybridized carbons (Fsp3) is 0.143. The van der Waals surface area contributed by atoms with Crippen molar-refractivity contribution in [1.82, 2.24) is 14.5 Å². The number of nitrogens with one attached hydrogen (secondary N) is 2. The third kappa shape index (κ3) is 2.22. The van der Waals surface area contributed by atoms with Crippen LogP contribution in [-0.4, -0.2) is 14.5 Å². The van der Waals surface area contributed by atoms with Crippen molar-refractivity contribution in [1.29, 1.82) is 0 Å². The van der Waals surface area contributed by atoms with E-state index < -0.39 is 5.69 Å². The van der Waals surface area contributed by atoms with Crippen molar-refractivity contribution in [3.63, 3.8) is 0 Å². The predicted molar refractivity (Wildman–Crippen MR) is 73.4 cm³/mol. The number of aromatic nitrogens is 3. The Hall–Kier alpha value is -2.56. The SMILES string of the molecule is Cn1ccc2ccc(Cc3cc(=O)[nH]c(=O)[nH]3)cc21. The second-order valence-corrected chi connectivity index (χ2v) is 4.61. The summed E-state index contributed by atoms with van der Waals surface area (Å²) in [6, 6.07) is 9.57. The van der Waals surface area contributed by atoms with E-state index in [-0.39, 0.29) is 5.56 Å². The summed E-state index contributed by atoms with van der Waals surface area (Å²) >= 11 is 0. The Bertz CT molecular complexity index is 826. The van der Waals surface area contributed by atoms with Gasteiger partial charge in [0.1, 0.15) is 0 Å². The van der Waals surface area contributed by atoms with Crippen LogP contribution in [0.15, 0.2) is 46.1 Å². The molecule has 3 rings (SSSR count). The quantitative estimate of drug-likeness (QED) is 0.721. The average Bonchev–Trinajstić information content (AvgIpc) is 2.70. The van der Waals surface area contributed by atoms with E-state index in [1.165, 1.54) is 11.5 Å². The molecule has 0 fully saturated rings. The highest BCUT2D eigenvalue weighted by Gasteiger charge is 2.03. The molecule has 0 aliphatic carbocycles. The molecule has 2 aromatic heterocycles. The number of H-pyrrole nitrogens is 2. The van der Waals surface area contributed by atoms with Gasteiger partial charge in [0.15, 0.2) is 0 Å². The van der Waals surface area contributed by atoms with Gasteiger partial charge in [-0.05, 0) is 23.1 Å². The molecular weight excluding hydrogens is 242 g/mol. The van der Waals surface area contributed by atoms with Gasteiger partial charge in [0.05, 0.1) is 0 Å². The number of hydrogen-bond donors (Lipinski definition) is 2. The summed E-state index contributed by atoms with van der Waals surface area (Å²) < 4.78 is 2.04. The smallest absolute Gasteiger partial charge is 0.325 e. The molecule has 3 aromatic rings. The molecule has 0 spiro atoms. The van der Waals surface area contributed by atoms with Crippen LogP contribution in [0.1, 0.15) is 11.3 Å². The first kappa shape index (κ1) is 11.5. The van der Waals surface area contributed by atoms with E-state index in [1.54, 1.807) is 0 Å². The minimum atomic E-state index is -0.470. The van der Waals surface area contributed by atoms with E-state index in [1.807, 2.05) is 36.0 Å². The number of fused-ring (bicyclic) bond motifs is 1. The van der Waals surface area contributed by atoms with Crippen molar-refractivity contribution in [2.24, 2.45) is 7.05 Å². The zero-order valence-electron chi connectivity index (χ0n) is 10.4. The van der Waals surface area contributed by atoms with Crippen LogP contribution in [0.25, 0.3) is 10.9 Å². The molecule has 5 nitrogen and oxygen atoms in total. The number of rotatable bonds is 2. The third-order valence-electron chi connectivity index (χ3n) is 3.16. The summed E-state index contributed by atoms with van der Waals surface area (Å²) in [5, 5.41) is 1.17. The molecule has 0 amide bonds. The fourth-order valence-electron chi connectivity index (χ4n) is 2.25. The topological polar surface area (TPSA) is 70.7 Å². The highest BCUT2D eigenvalue weighted by Crippen LogP contribution is 2.17. The van der Waals surface area contributed by atoms with Gasteiger partial charge in [0.2, 0.25) is 0 Å². The Morgan fingerprint density at radius 2 is 1.95 bits per heavy atom. The van der Waals surface area contributed by atoms with Crippen LogP contribution in [0.2, 0.25) is 0 Å². The second-order valence-electron chi connectivity index (χ2n) is 4.61. The summed E-state index contributed by atoms with van der Waals surface area (Å²) in [5.74, 6) is 0. The van der Waals surface area contributed by atoms with Crippen LogP contribution in [0.4, 0.5) is 0 Å². The van der Waals surface area contributed by atoms with Crippen molar-refractivity contribution >= 4 is 10.9 Å². The zero-order valence-corrected chi connectivity index (χ0v) is 10.4. The van der Waals surface area contributed by atoms with E-state index in [0.717, 1.165) is 11.1 Å². The lowest BCUT2D eigenvalue weighted by Crippen LogP contribution is -2.23. The highest BCUT2D eigenvalue weighted by molar-refractivity contribution is 5.80. The summed E-state index contributed by atoms with van der Waals surface area (Å²) in [6.07, 6.45) is 2.53. The number of aryl methyl sites for hydroxylation is 1. The third-order valence-corrected chi connectivity index (χ3v) is 3.16. The summed E-state index contributed by atoms with van der Waals surface area (Å²) in [4.78, 5) is 27.3. The Morgan fingerprint density at radius 1 is 1.11 bits per heavy atom. The van der Waals surface area contributed by atoms with Gasteiger partial charge in [0.25, 0.3) is 5.56 Å². The molecule has 0 bridgehead atoms. The van der Waals surface area contributed by atoms with Crippen molar-refractivity contribution in [3.05, 3.63) is 68.6 Å². The minimum Gasteiger partial charge on any atom is -0.351 e. The first-order valence-corrected chi connectivity index (χ1v) is 5.98. The van der Waals surface area contributed by atoms with Crippen molar-refractivity contribution in [2.45, 2.75) is 6.42 Å². The van der Waals surface area contributed by atoms with Crippen LogP contribution in [0.5, 0.6) is 0 Å². The fourth-order valence-corrected chi connectivity index (χ4v) is 2.25. The van der Waals surface area contributed by atoms with E-state index in [4.69, 9.17) is 0 Å².